The zero-order valence-electron chi connectivity index (χ0n) is 7.49. The molecule has 1 aliphatic heterocycles. The lowest BCUT2D eigenvalue weighted by Crippen LogP contribution is -2.30. The number of aromatic amines is 2. The zero-order chi connectivity index (χ0) is 10.1. The van der Waals surface area contributed by atoms with E-state index < -0.39 is 11.8 Å². The van der Waals surface area contributed by atoms with Crippen molar-refractivity contribution >= 4 is 5.91 Å². The quantitative estimate of drug-likeness (QED) is 0.534. The number of hydrogen-bond donors (Lipinski definition) is 3. The van der Waals surface area contributed by atoms with Gasteiger partial charge in [0, 0.05) is 19.3 Å². The summed E-state index contributed by atoms with van der Waals surface area (Å²) < 4.78 is 0. The first kappa shape index (κ1) is 9.01. The largest absolute Gasteiger partial charge is 0.391 e. The Morgan fingerprint density at radius 2 is 2.43 bits per heavy atom. The van der Waals surface area contributed by atoms with Gasteiger partial charge < -0.3 is 20.0 Å². The Hall–Kier alpha value is -1.56. The topological polar surface area (TPSA) is 89.2 Å². The molecule has 1 aromatic heterocycles. The second-order valence-electron chi connectivity index (χ2n) is 3.35. The molecule has 2 heterocycles. The Kier molecular flexibility index (Phi) is 2.12. The smallest absolute Gasteiger partial charge is 0.323 e. The van der Waals surface area contributed by atoms with E-state index in [1.807, 2.05) is 0 Å². The predicted molar refractivity (Wildman–Crippen MR) is 47.9 cm³/mol. The molecule has 0 aromatic carbocycles. The van der Waals surface area contributed by atoms with Gasteiger partial charge in [-0.1, -0.05) is 0 Å². The van der Waals surface area contributed by atoms with E-state index in [-0.39, 0.29) is 11.6 Å². The molecule has 0 saturated carbocycles. The monoisotopic (exact) mass is 197 g/mol. The van der Waals surface area contributed by atoms with Crippen LogP contribution in [0, 0.1) is 0 Å². The second kappa shape index (κ2) is 3.30. The average Bonchev–Trinajstić information content (AvgIpc) is 2.73. The van der Waals surface area contributed by atoms with Gasteiger partial charge in [-0.15, -0.1) is 0 Å². The first-order valence-electron chi connectivity index (χ1n) is 4.42. The van der Waals surface area contributed by atoms with Gasteiger partial charge >= 0.3 is 5.69 Å². The zero-order valence-corrected chi connectivity index (χ0v) is 7.49. The minimum absolute atomic E-state index is 0.240. The summed E-state index contributed by atoms with van der Waals surface area (Å²) >= 11 is 0. The average molecular weight is 197 g/mol. The van der Waals surface area contributed by atoms with Crippen molar-refractivity contribution in [1.29, 1.82) is 0 Å². The van der Waals surface area contributed by atoms with E-state index in [4.69, 9.17) is 0 Å². The van der Waals surface area contributed by atoms with E-state index in [0.29, 0.717) is 19.5 Å². The minimum Gasteiger partial charge on any atom is -0.391 e. The van der Waals surface area contributed by atoms with Crippen LogP contribution >= 0.6 is 0 Å². The third kappa shape index (κ3) is 1.56. The van der Waals surface area contributed by atoms with Gasteiger partial charge in [-0.3, -0.25) is 4.79 Å². The summed E-state index contributed by atoms with van der Waals surface area (Å²) in [4.78, 5) is 28.6. The van der Waals surface area contributed by atoms with E-state index in [2.05, 4.69) is 9.97 Å². The molecule has 1 aromatic rings. The molecule has 0 aliphatic carbocycles. The number of aliphatic hydroxyl groups excluding tert-OH is 1. The fourth-order valence-corrected chi connectivity index (χ4v) is 1.54. The Morgan fingerprint density at radius 1 is 1.64 bits per heavy atom. The molecule has 6 nitrogen and oxygen atoms in total. The van der Waals surface area contributed by atoms with E-state index in [9.17, 15) is 14.7 Å². The minimum atomic E-state index is -0.440. The molecule has 0 bridgehead atoms. The molecule has 0 unspecified atom stereocenters. The summed E-state index contributed by atoms with van der Waals surface area (Å²) in [6.07, 6.45) is 1.50. The maximum atomic E-state index is 11.6. The van der Waals surface area contributed by atoms with Crippen LogP contribution in [0.2, 0.25) is 0 Å². The molecule has 76 valence electrons. The number of nitrogens with zero attached hydrogens (tertiary/aromatic N) is 1. The van der Waals surface area contributed by atoms with Crippen molar-refractivity contribution in [2.45, 2.75) is 12.5 Å². The molecule has 0 spiro atoms. The normalized spacial score (nSPS) is 21.5. The number of β-amino-alcohol motifs (C(OH)–C–C–N with tert-alkyl or cyclic N) is 1. The highest BCUT2D eigenvalue weighted by atomic mass is 16.3. The number of aromatic nitrogens is 2. The summed E-state index contributed by atoms with van der Waals surface area (Å²) in [7, 11) is 0. The molecule has 14 heavy (non-hydrogen) atoms. The molecule has 3 N–H and O–H groups in total. The van der Waals surface area contributed by atoms with Crippen molar-refractivity contribution in [2.24, 2.45) is 0 Å². The standard InChI is InChI=1S/C8H11N3O3/c12-5-1-2-11(4-5)7(13)6-3-9-8(14)10-6/h3,5,12H,1-2,4H2,(H2,9,10,14)/t5-/m1/s1. The van der Waals surface area contributed by atoms with Gasteiger partial charge in [-0.25, -0.2) is 4.79 Å². The van der Waals surface area contributed by atoms with Gasteiger partial charge in [0.15, 0.2) is 0 Å². The van der Waals surface area contributed by atoms with Crippen molar-refractivity contribution < 1.29 is 9.90 Å². The molecular formula is C8H11N3O3. The first-order chi connectivity index (χ1) is 6.66. The van der Waals surface area contributed by atoms with Crippen molar-refractivity contribution in [2.75, 3.05) is 13.1 Å². The number of aliphatic hydroxyl groups is 1. The van der Waals surface area contributed by atoms with Crippen LogP contribution in [0.1, 0.15) is 16.9 Å². The lowest BCUT2D eigenvalue weighted by molar-refractivity contribution is 0.0759. The highest BCUT2D eigenvalue weighted by molar-refractivity contribution is 5.92. The summed E-state index contributed by atoms with van der Waals surface area (Å²) in [6, 6.07) is 0. The fourth-order valence-electron chi connectivity index (χ4n) is 1.54. The van der Waals surface area contributed by atoms with Crippen LogP contribution in [0.3, 0.4) is 0 Å². The van der Waals surface area contributed by atoms with Gasteiger partial charge in [-0.2, -0.15) is 0 Å². The number of amides is 1. The van der Waals surface area contributed by atoms with Gasteiger partial charge in [0.1, 0.15) is 5.69 Å². The van der Waals surface area contributed by atoms with Crippen LogP contribution in [0.5, 0.6) is 0 Å². The molecule has 1 atom stereocenters. The molecule has 0 radical (unpaired) electrons. The van der Waals surface area contributed by atoms with Crippen LogP contribution in [-0.4, -0.2) is 45.1 Å². The van der Waals surface area contributed by atoms with E-state index in [0.717, 1.165) is 0 Å². The lowest BCUT2D eigenvalue weighted by Gasteiger charge is -2.13. The number of rotatable bonds is 1. The Bertz CT molecular complexity index is 395. The van der Waals surface area contributed by atoms with Crippen molar-refractivity contribution in [3.63, 3.8) is 0 Å². The van der Waals surface area contributed by atoms with Crippen molar-refractivity contribution in [3.8, 4) is 0 Å². The van der Waals surface area contributed by atoms with Crippen LogP contribution < -0.4 is 5.69 Å². The number of imidazole rings is 1. The Balaban J connectivity index is 2.13. The number of nitrogens with one attached hydrogen (secondary N) is 2. The maximum Gasteiger partial charge on any atom is 0.323 e. The van der Waals surface area contributed by atoms with E-state index >= 15 is 0 Å². The Morgan fingerprint density at radius 3 is 2.93 bits per heavy atom. The van der Waals surface area contributed by atoms with Gasteiger partial charge in [0.05, 0.1) is 6.10 Å². The number of H-pyrrole nitrogens is 2. The van der Waals surface area contributed by atoms with Crippen LogP contribution in [0.4, 0.5) is 0 Å². The highest BCUT2D eigenvalue weighted by Crippen LogP contribution is 2.11. The van der Waals surface area contributed by atoms with Gasteiger partial charge in [-0.05, 0) is 6.42 Å². The van der Waals surface area contributed by atoms with Crippen LogP contribution in [-0.2, 0) is 0 Å². The van der Waals surface area contributed by atoms with Gasteiger partial charge in [0.25, 0.3) is 5.91 Å². The SMILES string of the molecule is O=C(c1c[nH]c(=O)[nH]1)N1CC[C@@H](O)C1. The van der Waals surface area contributed by atoms with Gasteiger partial charge in [0.2, 0.25) is 0 Å². The second-order valence-corrected chi connectivity index (χ2v) is 3.35. The molecular weight excluding hydrogens is 186 g/mol. The fraction of sp³-hybridized carbons (Fsp3) is 0.500. The maximum absolute atomic E-state index is 11.6. The molecule has 1 aliphatic rings. The Labute approximate surface area is 79.6 Å². The molecule has 2 rings (SSSR count). The third-order valence-corrected chi connectivity index (χ3v) is 2.28. The molecule has 1 fully saturated rings. The van der Waals surface area contributed by atoms with Crippen LogP contribution in [0.15, 0.2) is 11.0 Å². The first-order valence-corrected chi connectivity index (χ1v) is 4.42. The number of likely N-dealkylation sites (tertiary alicyclic amines) is 1. The van der Waals surface area contributed by atoms with Crippen molar-refractivity contribution in [1.82, 2.24) is 14.9 Å². The molecule has 1 amide bonds. The number of carbonyl (C=O) groups is 1. The summed E-state index contributed by atoms with van der Waals surface area (Å²) in [6.45, 7) is 0.874. The number of hydrogen-bond acceptors (Lipinski definition) is 3. The molecule has 6 heteroatoms. The van der Waals surface area contributed by atoms with Crippen molar-refractivity contribution in [3.05, 3.63) is 22.4 Å². The summed E-state index contributed by atoms with van der Waals surface area (Å²) in [5, 5.41) is 9.23. The van der Waals surface area contributed by atoms with E-state index in [1.54, 1.807) is 0 Å². The highest BCUT2D eigenvalue weighted by Gasteiger charge is 2.26. The summed E-state index contributed by atoms with van der Waals surface area (Å²) in [5.41, 5.74) is -0.155. The van der Waals surface area contributed by atoms with E-state index in [1.165, 1.54) is 11.1 Å². The third-order valence-electron chi connectivity index (χ3n) is 2.28. The summed E-state index contributed by atoms with van der Waals surface area (Å²) in [5.74, 6) is -0.250. The number of carbonyl (C=O) groups excluding carboxylic acids is 1. The lowest BCUT2D eigenvalue weighted by atomic mass is 10.3. The van der Waals surface area contributed by atoms with Crippen LogP contribution in [0.25, 0.3) is 0 Å². The predicted octanol–water partition coefficient (Wildman–Crippen LogP) is -1.09. The molecule has 1 saturated heterocycles.